The van der Waals surface area contributed by atoms with Gasteiger partial charge in [0, 0.05) is 18.0 Å². The maximum absolute atomic E-state index is 8.92. The van der Waals surface area contributed by atoms with E-state index in [0.717, 1.165) is 36.9 Å². The number of rotatable bonds is 11. The first kappa shape index (κ1) is 20.1. The van der Waals surface area contributed by atoms with Crippen LogP contribution in [0, 0.1) is 23.6 Å². The zero-order valence-corrected chi connectivity index (χ0v) is 14.1. The molecule has 0 bridgehead atoms. The molecule has 0 spiro atoms. The molecule has 0 saturated heterocycles. The van der Waals surface area contributed by atoms with Crippen molar-refractivity contribution in [1.29, 1.82) is 5.26 Å². The standard InChI is InChI=1S/C18H27BN2O/c1-6-11-19(15-20)12-10-13-22-21-18(9-4)16(5)14-17(7-2)8-3/h1,7,14,21H,2,8-13H2,3-5H3/b17-14+,18-16+. The Hall–Kier alpha value is -1.91. The van der Waals surface area contributed by atoms with E-state index in [9.17, 15) is 0 Å². The second-order valence-electron chi connectivity index (χ2n) is 5.12. The Bertz CT molecular complexity index is 480. The first-order valence-electron chi connectivity index (χ1n) is 7.86. The lowest BCUT2D eigenvalue weighted by molar-refractivity contribution is 0.0608. The molecule has 1 N–H and O–H groups in total. The fourth-order valence-corrected chi connectivity index (χ4v) is 2.00. The van der Waals surface area contributed by atoms with Crippen molar-refractivity contribution < 1.29 is 4.84 Å². The summed E-state index contributed by atoms with van der Waals surface area (Å²) in [6.07, 6.45) is 13.1. The average molecular weight is 298 g/mol. The van der Waals surface area contributed by atoms with Gasteiger partial charge in [-0.05, 0) is 37.3 Å². The lowest BCUT2D eigenvalue weighted by Gasteiger charge is -2.12. The number of nitrogens with zero attached hydrogens (tertiary/aromatic N) is 1. The Balaban J connectivity index is 4.32. The molecule has 0 aromatic carbocycles. The SMILES string of the molecule is C#CCB(C#N)CCCON/C(CC)=C(C)/C=C(\C=C)CC. The molecule has 0 heterocycles. The third kappa shape index (κ3) is 8.40. The van der Waals surface area contributed by atoms with E-state index in [0.29, 0.717) is 12.9 Å². The highest BCUT2D eigenvalue weighted by Gasteiger charge is 2.11. The van der Waals surface area contributed by atoms with Crippen LogP contribution in [-0.2, 0) is 4.84 Å². The molecule has 0 radical (unpaired) electrons. The van der Waals surface area contributed by atoms with Crippen LogP contribution in [0.25, 0.3) is 0 Å². The first-order valence-corrected chi connectivity index (χ1v) is 7.86. The minimum absolute atomic E-state index is 0.0702. The minimum Gasteiger partial charge on any atom is -0.276 e. The molecule has 0 aromatic rings. The predicted molar refractivity (Wildman–Crippen MR) is 95.1 cm³/mol. The third-order valence-electron chi connectivity index (χ3n) is 3.44. The maximum atomic E-state index is 8.92. The lowest BCUT2D eigenvalue weighted by atomic mass is 9.46. The Labute approximate surface area is 136 Å². The smallest absolute Gasteiger partial charge is 0.276 e. The molecule has 4 heteroatoms. The molecule has 0 unspecified atom stereocenters. The lowest BCUT2D eigenvalue weighted by Crippen LogP contribution is -2.17. The van der Waals surface area contributed by atoms with Gasteiger partial charge in [0.05, 0.1) is 6.61 Å². The first-order chi connectivity index (χ1) is 10.6. The van der Waals surface area contributed by atoms with Crippen LogP contribution >= 0.6 is 0 Å². The van der Waals surface area contributed by atoms with Gasteiger partial charge < -0.3 is 0 Å². The fourth-order valence-electron chi connectivity index (χ4n) is 2.00. The number of nitriles is 1. The van der Waals surface area contributed by atoms with E-state index < -0.39 is 0 Å². The van der Waals surface area contributed by atoms with Crippen LogP contribution in [0.15, 0.2) is 35.6 Å². The van der Waals surface area contributed by atoms with Gasteiger partial charge in [0.15, 0.2) is 0 Å². The van der Waals surface area contributed by atoms with Crippen LogP contribution in [0.4, 0.5) is 0 Å². The van der Waals surface area contributed by atoms with Crippen molar-refractivity contribution in [3.05, 3.63) is 35.6 Å². The van der Waals surface area contributed by atoms with Crippen molar-refractivity contribution in [3.8, 4) is 18.3 Å². The van der Waals surface area contributed by atoms with E-state index in [1.807, 2.05) is 6.08 Å². The predicted octanol–water partition coefficient (Wildman–Crippen LogP) is 4.29. The molecule has 0 saturated carbocycles. The molecule has 3 nitrogen and oxygen atoms in total. The molecule has 0 aliphatic carbocycles. The minimum atomic E-state index is -0.0702. The van der Waals surface area contributed by atoms with Crippen molar-refractivity contribution in [3.63, 3.8) is 0 Å². The zero-order chi connectivity index (χ0) is 16.8. The second kappa shape index (κ2) is 12.8. The van der Waals surface area contributed by atoms with Gasteiger partial charge in [0.1, 0.15) is 0 Å². The highest BCUT2D eigenvalue weighted by molar-refractivity contribution is 6.67. The largest absolute Gasteiger partial charge is 0.279 e. The summed E-state index contributed by atoms with van der Waals surface area (Å²) < 4.78 is 0. The molecule has 22 heavy (non-hydrogen) atoms. The van der Waals surface area contributed by atoms with Crippen molar-refractivity contribution in [1.82, 2.24) is 5.48 Å². The fraction of sp³-hybridized carbons (Fsp3) is 0.500. The molecule has 0 amide bonds. The second-order valence-corrected chi connectivity index (χ2v) is 5.12. The van der Waals surface area contributed by atoms with Gasteiger partial charge in [-0.25, -0.2) is 5.26 Å². The zero-order valence-electron chi connectivity index (χ0n) is 14.1. The van der Waals surface area contributed by atoms with E-state index in [1.165, 1.54) is 5.57 Å². The van der Waals surface area contributed by atoms with Crippen LogP contribution in [0.1, 0.15) is 40.0 Å². The number of terminal acetylenes is 1. The number of nitrogens with one attached hydrogen (secondary N) is 1. The van der Waals surface area contributed by atoms with Crippen molar-refractivity contribution in [2.45, 2.75) is 52.7 Å². The summed E-state index contributed by atoms with van der Waals surface area (Å²) >= 11 is 0. The van der Waals surface area contributed by atoms with Crippen LogP contribution in [-0.4, -0.2) is 13.3 Å². The van der Waals surface area contributed by atoms with Crippen molar-refractivity contribution >= 4 is 6.71 Å². The van der Waals surface area contributed by atoms with Crippen LogP contribution in [0.2, 0.25) is 12.6 Å². The maximum Gasteiger partial charge on any atom is 0.279 e. The van der Waals surface area contributed by atoms with Gasteiger partial charge in [0.25, 0.3) is 6.71 Å². The van der Waals surface area contributed by atoms with Gasteiger partial charge >= 0.3 is 0 Å². The summed E-state index contributed by atoms with van der Waals surface area (Å²) in [5.41, 5.74) is 6.45. The Kier molecular flexibility index (Phi) is 11.7. The number of hydrogen-bond acceptors (Lipinski definition) is 3. The molecule has 0 aliphatic rings. The molecule has 118 valence electrons. The normalized spacial score (nSPS) is 12.0. The molecule has 0 fully saturated rings. The number of hydroxylamine groups is 1. The summed E-state index contributed by atoms with van der Waals surface area (Å²) in [5.74, 6) is 4.75. The quantitative estimate of drug-likeness (QED) is 0.203. The summed E-state index contributed by atoms with van der Waals surface area (Å²) in [6, 6.07) is 0. The van der Waals surface area contributed by atoms with E-state index >= 15 is 0 Å². The van der Waals surface area contributed by atoms with Gasteiger partial charge in [0.2, 0.25) is 0 Å². The van der Waals surface area contributed by atoms with E-state index in [1.54, 1.807) is 0 Å². The highest BCUT2D eigenvalue weighted by atomic mass is 16.6. The van der Waals surface area contributed by atoms with Gasteiger partial charge in [-0.15, -0.1) is 12.3 Å². The van der Waals surface area contributed by atoms with Gasteiger partial charge in [-0.1, -0.05) is 38.9 Å². The van der Waals surface area contributed by atoms with E-state index in [-0.39, 0.29) is 6.71 Å². The Morgan fingerprint density at radius 3 is 2.64 bits per heavy atom. The van der Waals surface area contributed by atoms with Crippen LogP contribution in [0.5, 0.6) is 0 Å². The van der Waals surface area contributed by atoms with Crippen LogP contribution < -0.4 is 5.48 Å². The summed E-state index contributed by atoms with van der Waals surface area (Å²) in [5, 5.41) is 8.92. The topological polar surface area (TPSA) is 45.0 Å². The molecular formula is C18H27BN2O. The number of hydrogen-bond donors (Lipinski definition) is 1. The Morgan fingerprint density at radius 2 is 2.14 bits per heavy atom. The number of allylic oxidation sites excluding steroid dienone is 5. The summed E-state index contributed by atoms with van der Waals surface area (Å²) in [6.45, 7) is 10.6. The molecule has 0 aromatic heterocycles. The highest BCUT2D eigenvalue weighted by Crippen LogP contribution is 2.12. The van der Waals surface area contributed by atoms with Gasteiger partial charge in [-0.2, -0.15) is 0 Å². The summed E-state index contributed by atoms with van der Waals surface area (Å²) in [4.78, 5) is 5.51. The van der Waals surface area contributed by atoms with E-state index in [4.69, 9.17) is 16.5 Å². The van der Waals surface area contributed by atoms with Crippen LogP contribution in [0.3, 0.4) is 0 Å². The molecule has 0 aliphatic heterocycles. The summed E-state index contributed by atoms with van der Waals surface area (Å²) in [7, 11) is 0. The van der Waals surface area contributed by atoms with Gasteiger partial charge in [-0.3, -0.25) is 10.3 Å². The van der Waals surface area contributed by atoms with E-state index in [2.05, 4.69) is 50.8 Å². The average Bonchev–Trinajstić information content (AvgIpc) is 2.54. The third-order valence-corrected chi connectivity index (χ3v) is 3.44. The Morgan fingerprint density at radius 1 is 1.41 bits per heavy atom. The molecule has 0 rings (SSSR count). The molecular weight excluding hydrogens is 271 g/mol. The molecule has 0 atom stereocenters. The van der Waals surface area contributed by atoms with Crippen molar-refractivity contribution in [2.75, 3.05) is 6.61 Å². The monoisotopic (exact) mass is 298 g/mol. The van der Waals surface area contributed by atoms with Crippen molar-refractivity contribution in [2.24, 2.45) is 0 Å².